The van der Waals surface area contributed by atoms with Crippen molar-refractivity contribution in [2.24, 2.45) is 0 Å². The van der Waals surface area contributed by atoms with Crippen LogP contribution in [0.2, 0.25) is 0 Å². The van der Waals surface area contributed by atoms with Crippen molar-refractivity contribution in [1.29, 1.82) is 0 Å². The zero-order valence-corrected chi connectivity index (χ0v) is 21.8. The van der Waals surface area contributed by atoms with Crippen LogP contribution in [-0.4, -0.2) is 68.1 Å². The Kier molecular flexibility index (Phi) is 8.84. The van der Waals surface area contributed by atoms with Gasteiger partial charge in [0.25, 0.3) is 0 Å². The molecule has 1 fully saturated rings. The van der Waals surface area contributed by atoms with E-state index in [4.69, 9.17) is 9.72 Å². The number of ether oxygens (including phenoxy) is 1. The Balaban J connectivity index is 1.63. The predicted molar refractivity (Wildman–Crippen MR) is 149 cm³/mol. The molecule has 0 bridgehead atoms. The third kappa shape index (κ3) is 6.71. The minimum Gasteiger partial charge on any atom is -0.378 e. The van der Waals surface area contributed by atoms with E-state index in [0.29, 0.717) is 23.9 Å². The number of hydrogen-bond acceptors (Lipinski definition) is 9. The van der Waals surface area contributed by atoms with Crippen LogP contribution < -0.4 is 20.7 Å². The molecule has 4 rings (SSSR count). The van der Waals surface area contributed by atoms with Gasteiger partial charge in [0.15, 0.2) is 12.1 Å². The van der Waals surface area contributed by atoms with Gasteiger partial charge in [0.1, 0.15) is 0 Å². The maximum absolute atomic E-state index is 12.0. The van der Waals surface area contributed by atoms with Crippen LogP contribution in [0.1, 0.15) is 21.5 Å². The van der Waals surface area contributed by atoms with E-state index in [9.17, 15) is 4.79 Å². The van der Waals surface area contributed by atoms with Gasteiger partial charge in [0.2, 0.25) is 5.95 Å². The summed E-state index contributed by atoms with van der Waals surface area (Å²) in [5.41, 5.74) is 8.92. The molecule has 1 aliphatic heterocycles. The lowest BCUT2D eigenvalue weighted by atomic mass is 10.1. The number of nitrogens with one attached hydrogen (secondary N) is 2. The number of aldehydes is 1. The SMILES string of the molecule is C=CCNN(c1cccc(CN(C)C)c1)c1nc(Nc2ccc(N3CCOCC3)c(C)c2)ncc1C=O. The van der Waals surface area contributed by atoms with E-state index in [1.54, 1.807) is 12.3 Å². The molecule has 0 spiro atoms. The maximum atomic E-state index is 12.0. The molecule has 9 nitrogen and oxygen atoms in total. The molecule has 1 aliphatic rings. The summed E-state index contributed by atoms with van der Waals surface area (Å²) >= 11 is 0. The molecular weight excluding hydrogens is 466 g/mol. The zero-order valence-electron chi connectivity index (χ0n) is 21.8. The highest BCUT2D eigenvalue weighted by Gasteiger charge is 2.18. The summed E-state index contributed by atoms with van der Waals surface area (Å²) in [4.78, 5) is 25.5. The highest BCUT2D eigenvalue weighted by Crippen LogP contribution is 2.29. The fourth-order valence-corrected chi connectivity index (χ4v) is 4.33. The molecule has 0 amide bonds. The number of aromatic nitrogens is 2. The Morgan fingerprint density at radius 1 is 1.16 bits per heavy atom. The highest BCUT2D eigenvalue weighted by molar-refractivity contribution is 5.85. The van der Waals surface area contributed by atoms with Gasteiger partial charge in [-0.25, -0.2) is 10.4 Å². The van der Waals surface area contributed by atoms with Crippen molar-refractivity contribution in [2.45, 2.75) is 13.5 Å². The van der Waals surface area contributed by atoms with Crippen LogP contribution in [0, 0.1) is 6.92 Å². The molecule has 2 N–H and O–H groups in total. The molecule has 1 saturated heterocycles. The second-order valence-corrected chi connectivity index (χ2v) is 9.21. The third-order valence-electron chi connectivity index (χ3n) is 6.00. The molecular formula is C28H35N7O2. The Hall–Kier alpha value is -3.79. The summed E-state index contributed by atoms with van der Waals surface area (Å²) in [6.07, 6.45) is 4.07. The average molecular weight is 502 g/mol. The van der Waals surface area contributed by atoms with E-state index < -0.39 is 0 Å². The van der Waals surface area contributed by atoms with E-state index in [0.717, 1.165) is 61.6 Å². The summed E-state index contributed by atoms with van der Waals surface area (Å²) in [5, 5.41) is 5.11. The Morgan fingerprint density at radius 2 is 1.97 bits per heavy atom. The molecule has 0 aliphatic carbocycles. The Bertz CT molecular complexity index is 1220. The Morgan fingerprint density at radius 3 is 2.68 bits per heavy atom. The van der Waals surface area contributed by atoms with Crippen molar-refractivity contribution in [3.8, 4) is 0 Å². The van der Waals surface area contributed by atoms with Gasteiger partial charge in [-0.15, -0.1) is 6.58 Å². The summed E-state index contributed by atoms with van der Waals surface area (Å²) in [6.45, 7) is 10.5. The van der Waals surface area contributed by atoms with E-state index in [1.165, 1.54) is 5.69 Å². The fraction of sp³-hybridized carbons (Fsp3) is 0.321. The first-order valence-electron chi connectivity index (χ1n) is 12.4. The molecule has 1 aromatic heterocycles. The van der Waals surface area contributed by atoms with Crippen molar-refractivity contribution in [3.05, 3.63) is 78.0 Å². The first kappa shape index (κ1) is 26.3. The lowest BCUT2D eigenvalue weighted by Gasteiger charge is -2.30. The molecule has 2 aromatic carbocycles. The van der Waals surface area contributed by atoms with Crippen molar-refractivity contribution < 1.29 is 9.53 Å². The third-order valence-corrected chi connectivity index (χ3v) is 6.00. The van der Waals surface area contributed by atoms with Gasteiger partial charge < -0.3 is 19.9 Å². The number of hydrogen-bond donors (Lipinski definition) is 2. The molecule has 37 heavy (non-hydrogen) atoms. The minimum absolute atomic E-state index is 0.374. The van der Waals surface area contributed by atoms with Gasteiger partial charge >= 0.3 is 0 Å². The van der Waals surface area contributed by atoms with Gasteiger partial charge in [0.05, 0.1) is 24.5 Å². The molecule has 194 valence electrons. The van der Waals surface area contributed by atoms with E-state index in [1.807, 2.05) is 37.3 Å². The molecule has 0 saturated carbocycles. The average Bonchev–Trinajstić information content (AvgIpc) is 2.89. The first-order chi connectivity index (χ1) is 18.0. The van der Waals surface area contributed by atoms with Gasteiger partial charge in [-0.3, -0.25) is 9.80 Å². The van der Waals surface area contributed by atoms with Gasteiger partial charge in [-0.2, -0.15) is 4.98 Å². The molecule has 0 unspecified atom stereocenters. The second-order valence-electron chi connectivity index (χ2n) is 9.21. The Labute approximate surface area is 218 Å². The van der Waals surface area contributed by atoms with Gasteiger partial charge in [-0.1, -0.05) is 18.2 Å². The van der Waals surface area contributed by atoms with Crippen LogP contribution in [0.5, 0.6) is 0 Å². The maximum Gasteiger partial charge on any atom is 0.229 e. The lowest BCUT2D eigenvalue weighted by Crippen LogP contribution is -2.36. The normalized spacial score (nSPS) is 13.5. The smallest absolute Gasteiger partial charge is 0.229 e. The van der Waals surface area contributed by atoms with E-state index >= 15 is 0 Å². The summed E-state index contributed by atoms with van der Waals surface area (Å²) in [6, 6.07) is 14.3. The van der Waals surface area contributed by atoms with Gasteiger partial charge in [-0.05, 0) is 62.5 Å². The summed E-state index contributed by atoms with van der Waals surface area (Å²) in [7, 11) is 4.06. The number of rotatable bonds is 11. The quantitative estimate of drug-likeness (QED) is 0.229. The molecule has 2 heterocycles. The molecule has 3 aromatic rings. The number of hydrazine groups is 1. The summed E-state index contributed by atoms with van der Waals surface area (Å²) < 4.78 is 5.48. The van der Waals surface area contributed by atoms with Crippen LogP contribution in [0.4, 0.5) is 28.8 Å². The lowest BCUT2D eigenvalue weighted by molar-refractivity contribution is 0.112. The number of morpholine rings is 1. The second kappa shape index (κ2) is 12.4. The summed E-state index contributed by atoms with van der Waals surface area (Å²) in [5.74, 6) is 0.854. The highest BCUT2D eigenvalue weighted by atomic mass is 16.5. The van der Waals surface area contributed by atoms with Crippen molar-refractivity contribution in [2.75, 3.05) is 62.2 Å². The van der Waals surface area contributed by atoms with Crippen molar-refractivity contribution in [1.82, 2.24) is 20.3 Å². The van der Waals surface area contributed by atoms with Crippen LogP contribution in [-0.2, 0) is 11.3 Å². The van der Waals surface area contributed by atoms with Crippen molar-refractivity contribution in [3.63, 3.8) is 0 Å². The van der Waals surface area contributed by atoms with Crippen LogP contribution >= 0.6 is 0 Å². The fourth-order valence-electron chi connectivity index (χ4n) is 4.33. The number of anilines is 5. The largest absolute Gasteiger partial charge is 0.378 e. The number of nitrogens with zero attached hydrogens (tertiary/aromatic N) is 5. The topological polar surface area (TPSA) is 85.9 Å². The van der Waals surface area contributed by atoms with Crippen molar-refractivity contribution >= 4 is 35.1 Å². The monoisotopic (exact) mass is 501 g/mol. The number of aryl methyl sites for hydroxylation is 1. The molecule has 9 heteroatoms. The predicted octanol–water partition coefficient (Wildman–Crippen LogP) is 4.07. The van der Waals surface area contributed by atoms with Gasteiger partial charge in [0, 0.05) is 43.8 Å². The number of carbonyl (C=O) groups is 1. The zero-order chi connectivity index (χ0) is 26.2. The number of benzene rings is 2. The molecule has 0 atom stereocenters. The standard InChI is InChI=1S/C28H35N7O2/c1-5-11-30-35(25-8-6-7-22(17-25)19-33(3)4)27-23(20-36)18-29-28(32-27)31-24-9-10-26(21(2)16-24)34-12-14-37-15-13-34/h5-10,16-18,20,30H,1,11-15,19H2,2-4H3,(H,29,31,32). The van der Waals surface area contributed by atoms with Crippen LogP contribution in [0.3, 0.4) is 0 Å². The van der Waals surface area contributed by atoms with E-state index in [-0.39, 0.29) is 0 Å². The molecule has 0 radical (unpaired) electrons. The minimum atomic E-state index is 0.374. The van der Waals surface area contributed by atoms with Crippen LogP contribution in [0.15, 0.2) is 61.3 Å². The number of carbonyl (C=O) groups excluding carboxylic acids is 1. The van der Waals surface area contributed by atoms with Crippen LogP contribution in [0.25, 0.3) is 0 Å². The van der Waals surface area contributed by atoms with E-state index in [2.05, 4.69) is 63.3 Å². The first-order valence-corrected chi connectivity index (χ1v) is 12.4.